The van der Waals surface area contributed by atoms with Crippen LogP contribution in [-0.2, 0) is 4.79 Å². The number of fused-ring (bicyclic) bond motifs is 2. The standard InChI is InChI=1S/C13H22ClNO/c1-13(2,15-12(16)8-14)7-11-6-9-3-4-10(11)5-9/h9-11H,3-8H2,1-2H3,(H,15,16). The molecule has 1 amide bonds. The minimum atomic E-state index is -0.0961. The maximum absolute atomic E-state index is 11.3. The van der Waals surface area contributed by atoms with E-state index in [1.165, 1.54) is 25.7 Å². The Labute approximate surface area is 103 Å². The van der Waals surface area contributed by atoms with Crippen molar-refractivity contribution >= 4 is 17.5 Å². The summed E-state index contributed by atoms with van der Waals surface area (Å²) in [6.45, 7) is 4.23. The summed E-state index contributed by atoms with van der Waals surface area (Å²) in [6, 6.07) is 0. The van der Waals surface area contributed by atoms with Gasteiger partial charge >= 0.3 is 0 Å². The molecule has 16 heavy (non-hydrogen) atoms. The molecular weight excluding hydrogens is 222 g/mol. The highest BCUT2D eigenvalue weighted by atomic mass is 35.5. The third-order valence-electron chi connectivity index (χ3n) is 4.26. The molecule has 3 atom stereocenters. The number of halogens is 1. The van der Waals surface area contributed by atoms with Gasteiger partial charge in [0.1, 0.15) is 5.88 Å². The van der Waals surface area contributed by atoms with Gasteiger partial charge in [-0.3, -0.25) is 4.79 Å². The summed E-state index contributed by atoms with van der Waals surface area (Å²) in [7, 11) is 0. The van der Waals surface area contributed by atoms with Crippen LogP contribution in [0.1, 0.15) is 46.0 Å². The van der Waals surface area contributed by atoms with Crippen LogP contribution < -0.4 is 5.32 Å². The molecule has 0 aromatic heterocycles. The van der Waals surface area contributed by atoms with E-state index in [0.29, 0.717) is 0 Å². The number of nitrogens with one attached hydrogen (secondary N) is 1. The summed E-state index contributed by atoms with van der Waals surface area (Å²) in [6.07, 6.45) is 6.77. The monoisotopic (exact) mass is 243 g/mol. The van der Waals surface area contributed by atoms with E-state index in [1.54, 1.807) is 0 Å². The largest absolute Gasteiger partial charge is 0.350 e. The highest BCUT2D eigenvalue weighted by Gasteiger charge is 2.41. The smallest absolute Gasteiger partial charge is 0.235 e. The predicted molar refractivity (Wildman–Crippen MR) is 66.5 cm³/mol. The molecule has 0 spiro atoms. The Morgan fingerprint density at radius 3 is 2.62 bits per heavy atom. The molecule has 2 saturated carbocycles. The van der Waals surface area contributed by atoms with Crippen molar-refractivity contribution < 1.29 is 4.79 Å². The Morgan fingerprint density at radius 1 is 1.38 bits per heavy atom. The molecule has 2 aliphatic rings. The molecule has 0 aromatic rings. The van der Waals surface area contributed by atoms with Crippen LogP contribution in [0.4, 0.5) is 0 Å². The number of carbonyl (C=O) groups is 1. The lowest BCUT2D eigenvalue weighted by Crippen LogP contribution is -2.45. The third-order valence-corrected chi connectivity index (χ3v) is 4.50. The second-order valence-corrected chi connectivity index (χ2v) is 6.47. The zero-order chi connectivity index (χ0) is 11.8. The molecule has 2 rings (SSSR count). The first kappa shape index (κ1) is 12.2. The lowest BCUT2D eigenvalue weighted by molar-refractivity contribution is -0.120. The zero-order valence-electron chi connectivity index (χ0n) is 10.3. The first-order valence-corrected chi connectivity index (χ1v) is 6.90. The fourth-order valence-electron chi connectivity index (χ4n) is 3.74. The van der Waals surface area contributed by atoms with Gasteiger partial charge in [0.15, 0.2) is 0 Å². The zero-order valence-corrected chi connectivity index (χ0v) is 11.0. The quantitative estimate of drug-likeness (QED) is 0.756. The van der Waals surface area contributed by atoms with E-state index in [9.17, 15) is 4.79 Å². The molecule has 2 fully saturated rings. The molecule has 3 heteroatoms. The molecule has 0 aliphatic heterocycles. The molecule has 0 heterocycles. The summed E-state index contributed by atoms with van der Waals surface area (Å²) in [4.78, 5) is 11.3. The van der Waals surface area contributed by atoms with E-state index in [1.807, 2.05) is 0 Å². The van der Waals surface area contributed by atoms with Crippen molar-refractivity contribution in [2.24, 2.45) is 17.8 Å². The number of hydrogen-bond acceptors (Lipinski definition) is 1. The lowest BCUT2D eigenvalue weighted by atomic mass is 9.80. The van der Waals surface area contributed by atoms with Crippen molar-refractivity contribution in [3.05, 3.63) is 0 Å². The van der Waals surface area contributed by atoms with Gasteiger partial charge in [0.2, 0.25) is 5.91 Å². The molecule has 2 aliphatic carbocycles. The van der Waals surface area contributed by atoms with Crippen LogP contribution >= 0.6 is 11.6 Å². The van der Waals surface area contributed by atoms with Crippen LogP contribution in [0.5, 0.6) is 0 Å². The Bertz CT molecular complexity index is 277. The fraction of sp³-hybridized carbons (Fsp3) is 0.923. The van der Waals surface area contributed by atoms with Crippen molar-refractivity contribution in [1.29, 1.82) is 0 Å². The SMILES string of the molecule is CC(C)(CC1CC2CCC1C2)NC(=O)CCl. The summed E-state index contributed by atoms with van der Waals surface area (Å²) in [5, 5.41) is 3.02. The van der Waals surface area contributed by atoms with Crippen molar-refractivity contribution in [3.63, 3.8) is 0 Å². The summed E-state index contributed by atoms with van der Waals surface area (Å²) in [5.41, 5.74) is -0.0961. The van der Waals surface area contributed by atoms with Crippen LogP contribution in [-0.4, -0.2) is 17.3 Å². The van der Waals surface area contributed by atoms with Crippen LogP contribution in [0.25, 0.3) is 0 Å². The molecule has 0 saturated heterocycles. The number of amides is 1. The molecular formula is C13H22ClNO. The van der Waals surface area contributed by atoms with Crippen molar-refractivity contribution in [2.45, 2.75) is 51.5 Å². The maximum atomic E-state index is 11.3. The average molecular weight is 244 g/mol. The average Bonchev–Trinajstić information content (AvgIpc) is 2.77. The molecule has 2 bridgehead atoms. The van der Waals surface area contributed by atoms with Gasteiger partial charge in [-0.25, -0.2) is 0 Å². The van der Waals surface area contributed by atoms with Gasteiger partial charge in [-0.1, -0.05) is 6.42 Å². The third kappa shape index (κ3) is 2.71. The van der Waals surface area contributed by atoms with Crippen LogP contribution in [0.15, 0.2) is 0 Å². The first-order valence-electron chi connectivity index (χ1n) is 6.37. The van der Waals surface area contributed by atoms with Crippen molar-refractivity contribution in [3.8, 4) is 0 Å². The van der Waals surface area contributed by atoms with E-state index in [-0.39, 0.29) is 17.3 Å². The summed E-state index contributed by atoms with van der Waals surface area (Å²) in [5.74, 6) is 2.76. The van der Waals surface area contributed by atoms with Crippen molar-refractivity contribution in [2.75, 3.05) is 5.88 Å². The van der Waals surface area contributed by atoms with Gasteiger partial charge in [0.05, 0.1) is 0 Å². The second kappa shape index (κ2) is 4.56. The van der Waals surface area contributed by atoms with E-state index in [0.717, 1.165) is 24.2 Å². The van der Waals surface area contributed by atoms with Crippen LogP contribution in [0.3, 0.4) is 0 Å². The van der Waals surface area contributed by atoms with E-state index in [2.05, 4.69) is 19.2 Å². The fourth-order valence-corrected chi connectivity index (χ4v) is 3.81. The van der Waals surface area contributed by atoms with E-state index in [4.69, 9.17) is 11.6 Å². The molecule has 92 valence electrons. The number of hydrogen-bond donors (Lipinski definition) is 1. The van der Waals surface area contributed by atoms with Gasteiger partial charge in [0.25, 0.3) is 0 Å². The van der Waals surface area contributed by atoms with E-state index >= 15 is 0 Å². The van der Waals surface area contributed by atoms with Crippen molar-refractivity contribution in [1.82, 2.24) is 5.32 Å². The minimum Gasteiger partial charge on any atom is -0.350 e. The Kier molecular flexibility index (Phi) is 3.48. The molecule has 0 aromatic carbocycles. The minimum absolute atomic E-state index is 0.0465. The normalized spacial score (nSPS) is 33.1. The number of carbonyl (C=O) groups excluding carboxylic acids is 1. The van der Waals surface area contributed by atoms with Crippen LogP contribution in [0.2, 0.25) is 0 Å². The predicted octanol–water partition coefficient (Wildman–Crippen LogP) is 2.95. The first-order chi connectivity index (χ1) is 7.50. The van der Waals surface area contributed by atoms with Gasteiger partial charge in [-0.15, -0.1) is 11.6 Å². The highest BCUT2D eigenvalue weighted by Crippen LogP contribution is 2.50. The molecule has 2 nitrogen and oxygen atoms in total. The Morgan fingerprint density at radius 2 is 2.12 bits per heavy atom. The van der Waals surface area contributed by atoms with E-state index < -0.39 is 0 Å². The molecule has 0 radical (unpaired) electrons. The van der Waals surface area contributed by atoms with Gasteiger partial charge in [0, 0.05) is 5.54 Å². The lowest BCUT2D eigenvalue weighted by Gasteiger charge is -2.32. The maximum Gasteiger partial charge on any atom is 0.235 e. The Balaban J connectivity index is 1.86. The molecule has 3 unspecified atom stereocenters. The summed E-state index contributed by atoms with van der Waals surface area (Å²) < 4.78 is 0. The highest BCUT2D eigenvalue weighted by molar-refractivity contribution is 6.27. The Hall–Kier alpha value is -0.240. The summed E-state index contributed by atoms with van der Waals surface area (Å²) >= 11 is 5.53. The number of alkyl halides is 1. The topological polar surface area (TPSA) is 29.1 Å². The van der Waals surface area contributed by atoms with Gasteiger partial charge in [-0.2, -0.15) is 0 Å². The number of rotatable bonds is 4. The second-order valence-electron chi connectivity index (χ2n) is 6.20. The van der Waals surface area contributed by atoms with Gasteiger partial charge in [-0.05, 0) is 57.3 Å². The van der Waals surface area contributed by atoms with Crippen LogP contribution in [0, 0.1) is 17.8 Å². The van der Waals surface area contributed by atoms with Gasteiger partial charge < -0.3 is 5.32 Å². The molecule has 1 N–H and O–H groups in total.